The second-order valence-electron chi connectivity index (χ2n) is 6.71. The number of carbonyl (C=O) groups is 1. The van der Waals surface area contributed by atoms with E-state index in [1.807, 2.05) is 26.8 Å². The van der Waals surface area contributed by atoms with Crippen molar-refractivity contribution in [3.05, 3.63) is 28.3 Å². The number of hydrogen-bond donors (Lipinski definition) is 1. The monoisotopic (exact) mass is 336 g/mol. The summed E-state index contributed by atoms with van der Waals surface area (Å²) in [6, 6.07) is 5.04. The molecule has 1 aliphatic rings. The number of halogens is 1. The average Bonchev–Trinajstić information content (AvgIpc) is 2.46. The van der Waals surface area contributed by atoms with Gasteiger partial charge in [-0.15, -0.1) is 0 Å². The summed E-state index contributed by atoms with van der Waals surface area (Å²) < 4.78 is 5.37. The lowest BCUT2D eigenvalue weighted by Crippen LogP contribution is -2.41. The Balaban J connectivity index is 2.09. The van der Waals surface area contributed by atoms with Crippen molar-refractivity contribution in [2.45, 2.75) is 45.1 Å². The van der Waals surface area contributed by atoms with Crippen molar-refractivity contribution < 1.29 is 14.6 Å². The summed E-state index contributed by atoms with van der Waals surface area (Å²) in [5.41, 5.74) is 0.444. The molecule has 0 saturated carbocycles. The van der Waals surface area contributed by atoms with Crippen LogP contribution in [0.2, 0.25) is 5.02 Å². The minimum atomic E-state index is -0.517. The van der Waals surface area contributed by atoms with Crippen LogP contribution in [0.4, 0.5) is 4.79 Å². The molecule has 0 aromatic heterocycles. The van der Waals surface area contributed by atoms with E-state index < -0.39 is 5.60 Å². The molecule has 0 radical (unpaired) electrons. The molecule has 0 atom stereocenters. The molecule has 1 fully saturated rings. The molecule has 0 aliphatic carbocycles. The van der Waals surface area contributed by atoms with Gasteiger partial charge in [0.25, 0.3) is 0 Å². The lowest BCUT2D eigenvalue weighted by atomic mass is 9.88. The number of nitriles is 1. The van der Waals surface area contributed by atoms with Gasteiger partial charge in [-0.05, 0) is 51.7 Å². The first-order valence-corrected chi connectivity index (χ1v) is 8.00. The first-order valence-electron chi connectivity index (χ1n) is 7.62. The van der Waals surface area contributed by atoms with Crippen LogP contribution in [0.1, 0.15) is 50.7 Å². The van der Waals surface area contributed by atoms with Gasteiger partial charge in [0, 0.05) is 18.7 Å². The molecule has 23 heavy (non-hydrogen) atoms. The number of ether oxygens (including phenoxy) is 1. The number of phenols is 1. The van der Waals surface area contributed by atoms with Crippen LogP contribution in [0.5, 0.6) is 5.75 Å². The number of amides is 1. The topological polar surface area (TPSA) is 73.6 Å². The van der Waals surface area contributed by atoms with Crippen LogP contribution in [0.25, 0.3) is 0 Å². The Morgan fingerprint density at radius 3 is 2.52 bits per heavy atom. The summed E-state index contributed by atoms with van der Waals surface area (Å²) in [6.07, 6.45) is 1.01. The molecule has 5 nitrogen and oxygen atoms in total. The Hall–Kier alpha value is -1.93. The van der Waals surface area contributed by atoms with Crippen LogP contribution >= 0.6 is 11.6 Å². The first kappa shape index (κ1) is 17.4. The van der Waals surface area contributed by atoms with Crippen molar-refractivity contribution in [2.75, 3.05) is 13.1 Å². The third-order valence-corrected chi connectivity index (χ3v) is 4.24. The number of aromatic hydroxyl groups is 1. The largest absolute Gasteiger partial charge is 0.508 e. The van der Waals surface area contributed by atoms with Crippen molar-refractivity contribution in [1.29, 1.82) is 5.26 Å². The zero-order chi connectivity index (χ0) is 17.2. The van der Waals surface area contributed by atoms with E-state index in [0.29, 0.717) is 42.1 Å². The highest BCUT2D eigenvalue weighted by Gasteiger charge is 2.30. The molecule has 1 heterocycles. The fourth-order valence-corrected chi connectivity index (χ4v) is 3.09. The summed E-state index contributed by atoms with van der Waals surface area (Å²) in [4.78, 5) is 13.7. The van der Waals surface area contributed by atoms with Gasteiger partial charge in [0.15, 0.2) is 0 Å². The van der Waals surface area contributed by atoms with E-state index in [4.69, 9.17) is 21.6 Å². The number of benzene rings is 1. The summed E-state index contributed by atoms with van der Waals surface area (Å²) in [7, 11) is 0. The number of nitrogens with zero attached hydrogens (tertiary/aromatic N) is 2. The second-order valence-corrected chi connectivity index (χ2v) is 7.09. The van der Waals surface area contributed by atoms with Crippen molar-refractivity contribution in [2.24, 2.45) is 0 Å². The van der Waals surface area contributed by atoms with Gasteiger partial charge >= 0.3 is 6.09 Å². The highest BCUT2D eigenvalue weighted by Crippen LogP contribution is 2.40. The van der Waals surface area contributed by atoms with Crippen molar-refractivity contribution >= 4 is 17.7 Å². The molecule has 1 N–H and O–H groups in total. The van der Waals surface area contributed by atoms with Gasteiger partial charge < -0.3 is 14.7 Å². The van der Waals surface area contributed by atoms with Gasteiger partial charge in [0.2, 0.25) is 0 Å². The van der Waals surface area contributed by atoms with Crippen LogP contribution in [-0.4, -0.2) is 34.8 Å². The first-order chi connectivity index (χ1) is 10.7. The van der Waals surface area contributed by atoms with E-state index in [2.05, 4.69) is 0 Å². The SMILES string of the molecule is CC(C)(C)OC(=O)N1CCC(c2c(O)ccc(C#N)c2Cl)CC1. The van der Waals surface area contributed by atoms with Gasteiger partial charge in [0.05, 0.1) is 10.6 Å². The Labute approximate surface area is 141 Å². The zero-order valence-corrected chi connectivity index (χ0v) is 14.4. The number of phenolic OH excluding ortho intramolecular Hbond substituents is 1. The molecule has 6 heteroatoms. The highest BCUT2D eigenvalue weighted by molar-refractivity contribution is 6.32. The fourth-order valence-electron chi connectivity index (χ4n) is 2.73. The number of hydrogen-bond acceptors (Lipinski definition) is 4. The van der Waals surface area contributed by atoms with Crippen LogP contribution < -0.4 is 0 Å². The highest BCUT2D eigenvalue weighted by atomic mass is 35.5. The average molecular weight is 337 g/mol. The number of carbonyl (C=O) groups excluding carboxylic acids is 1. The molecule has 1 saturated heterocycles. The Morgan fingerprint density at radius 1 is 1.39 bits per heavy atom. The van der Waals surface area contributed by atoms with Gasteiger partial charge in [-0.1, -0.05) is 11.6 Å². The van der Waals surface area contributed by atoms with Crippen molar-refractivity contribution in [1.82, 2.24) is 4.90 Å². The lowest BCUT2D eigenvalue weighted by molar-refractivity contribution is 0.0204. The van der Waals surface area contributed by atoms with Crippen LogP contribution in [0, 0.1) is 11.3 Å². The fraction of sp³-hybridized carbons (Fsp3) is 0.529. The van der Waals surface area contributed by atoms with E-state index >= 15 is 0 Å². The van der Waals surface area contributed by atoms with Crippen molar-refractivity contribution in [3.63, 3.8) is 0 Å². The minimum Gasteiger partial charge on any atom is -0.508 e. The third-order valence-electron chi connectivity index (χ3n) is 3.83. The molecule has 1 aromatic rings. The summed E-state index contributed by atoms with van der Waals surface area (Å²) in [6.45, 7) is 6.58. The third kappa shape index (κ3) is 4.08. The maximum absolute atomic E-state index is 12.1. The Bertz CT molecular complexity index is 638. The van der Waals surface area contributed by atoms with Gasteiger partial charge in [-0.25, -0.2) is 4.79 Å². The maximum atomic E-state index is 12.1. The maximum Gasteiger partial charge on any atom is 0.410 e. The van der Waals surface area contributed by atoms with Crippen LogP contribution in [-0.2, 0) is 4.74 Å². The normalized spacial score (nSPS) is 16.0. The summed E-state index contributed by atoms with van der Waals surface area (Å²) >= 11 is 6.25. The molecule has 124 valence electrons. The molecule has 0 unspecified atom stereocenters. The molecule has 1 aromatic carbocycles. The Kier molecular flexibility index (Phi) is 5.06. The Morgan fingerprint density at radius 2 is 2.00 bits per heavy atom. The van der Waals surface area contributed by atoms with Crippen LogP contribution in [0.15, 0.2) is 12.1 Å². The standard InChI is InChI=1S/C17H21ClN2O3/c1-17(2,3)23-16(22)20-8-6-11(7-9-20)14-13(21)5-4-12(10-19)15(14)18/h4-5,11,21H,6-9H2,1-3H3. The predicted molar refractivity (Wildman–Crippen MR) is 87.6 cm³/mol. The molecular formula is C17H21ClN2O3. The molecular weight excluding hydrogens is 316 g/mol. The van der Waals surface area contributed by atoms with E-state index in [1.165, 1.54) is 12.1 Å². The van der Waals surface area contributed by atoms with Crippen molar-refractivity contribution in [3.8, 4) is 11.8 Å². The minimum absolute atomic E-state index is 0.0227. The van der Waals surface area contributed by atoms with Gasteiger partial charge in [0.1, 0.15) is 17.4 Å². The summed E-state index contributed by atoms with van der Waals surface area (Å²) in [5.74, 6) is 0.124. The number of likely N-dealkylation sites (tertiary alicyclic amines) is 1. The molecule has 1 amide bonds. The van der Waals surface area contributed by atoms with Gasteiger partial charge in [-0.2, -0.15) is 5.26 Å². The smallest absolute Gasteiger partial charge is 0.410 e. The summed E-state index contributed by atoms with van der Waals surface area (Å²) in [5, 5.41) is 19.5. The lowest BCUT2D eigenvalue weighted by Gasteiger charge is -2.34. The van der Waals surface area contributed by atoms with Gasteiger partial charge in [-0.3, -0.25) is 0 Å². The molecule has 2 rings (SSSR count). The van der Waals surface area contributed by atoms with E-state index in [1.54, 1.807) is 4.90 Å². The quantitative estimate of drug-likeness (QED) is 0.840. The zero-order valence-electron chi connectivity index (χ0n) is 13.6. The van der Waals surface area contributed by atoms with E-state index in [-0.39, 0.29) is 17.8 Å². The molecule has 1 aliphatic heterocycles. The van der Waals surface area contributed by atoms with E-state index in [0.717, 1.165) is 0 Å². The second kappa shape index (κ2) is 6.67. The number of piperidine rings is 1. The van der Waals surface area contributed by atoms with E-state index in [9.17, 15) is 9.90 Å². The molecule has 0 bridgehead atoms. The number of rotatable bonds is 1. The predicted octanol–water partition coefficient (Wildman–Crippen LogP) is 4.03. The molecule has 0 spiro atoms. The van der Waals surface area contributed by atoms with Crippen LogP contribution in [0.3, 0.4) is 0 Å².